The fraction of sp³-hybridized carbons (Fsp3) is 0.0909. The fourth-order valence-electron chi connectivity index (χ4n) is 1.12. The zero-order valence-corrected chi connectivity index (χ0v) is 12.1. The maximum Gasteiger partial charge on any atom is 0.109 e. The third-order valence-electron chi connectivity index (χ3n) is 1.84. The Balaban J connectivity index is 1.87. The van der Waals surface area contributed by atoms with Crippen LogP contribution in [0.1, 0.15) is 5.56 Å². The van der Waals surface area contributed by atoms with Gasteiger partial charge in [-0.2, -0.15) is 0 Å². The average molecular weight is 307 g/mol. The van der Waals surface area contributed by atoms with E-state index < -0.39 is 0 Å². The Morgan fingerprint density at radius 1 is 1.12 bits per heavy atom. The summed E-state index contributed by atoms with van der Waals surface area (Å²) in [7, 11) is 3.44. The molecule has 1 aromatic heterocycles. The van der Waals surface area contributed by atoms with E-state index in [0.717, 1.165) is 19.3 Å². The second-order valence-electron chi connectivity index (χ2n) is 3.02. The molecule has 0 aliphatic heterocycles. The van der Waals surface area contributed by atoms with Gasteiger partial charge < -0.3 is 0 Å². The Hall–Kier alpha value is 0.200. The molecule has 0 atom stereocenters. The summed E-state index contributed by atoms with van der Waals surface area (Å²) < 4.78 is 1.52. The molecule has 2 rings (SSSR count). The molecule has 84 valence electrons. The number of hydrogen-bond acceptors (Lipinski definition) is 3. The van der Waals surface area contributed by atoms with Gasteiger partial charge >= 0.3 is 0 Å². The Kier molecular flexibility index (Phi) is 4.92. The molecule has 0 unspecified atom stereocenters. The van der Waals surface area contributed by atoms with Crippen LogP contribution in [-0.2, 0) is 5.75 Å². The van der Waals surface area contributed by atoms with Gasteiger partial charge in [-0.25, -0.2) is 0 Å². The highest BCUT2D eigenvalue weighted by molar-refractivity contribution is 8.76. The van der Waals surface area contributed by atoms with Crippen LogP contribution in [0.15, 0.2) is 41.3 Å². The highest BCUT2D eigenvalue weighted by atomic mass is 35.5. The van der Waals surface area contributed by atoms with Gasteiger partial charge in [0.1, 0.15) is 4.34 Å². The quantitative estimate of drug-likeness (QED) is 0.636. The summed E-state index contributed by atoms with van der Waals surface area (Å²) in [5, 5.41) is 0. The number of hydrogen-bond donors (Lipinski definition) is 0. The normalized spacial score (nSPS) is 10.6. The maximum absolute atomic E-state index is 6.03. The van der Waals surface area contributed by atoms with Gasteiger partial charge in [0, 0.05) is 10.6 Å². The second-order valence-corrected chi connectivity index (χ2v) is 7.64. The topological polar surface area (TPSA) is 0 Å². The van der Waals surface area contributed by atoms with Gasteiger partial charge in [-0.3, -0.25) is 0 Å². The summed E-state index contributed by atoms with van der Waals surface area (Å²) in [6, 6.07) is 12.3. The zero-order chi connectivity index (χ0) is 11.4. The number of halogens is 2. The Morgan fingerprint density at radius 3 is 2.50 bits per heavy atom. The predicted octanol–water partition coefficient (Wildman–Crippen LogP) is 6.00. The Morgan fingerprint density at radius 2 is 1.88 bits per heavy atom. The lowest BCUT2D eigenvalue weighted by Gasteiger charge is -1.99. The molecule has 0 nitrogen and oxygen atoms in total. The molecule has 0 saturated carbocycles. The summed E-state index contributed by atoms with van der Waals surface area (Å²) in [5.74, 6) is 0.968. The van der Waals surface area contributed by atoms with Crippen molar-refractivity contribution >= 4 is 56.1 Å². The molecule has 0 amide bonds. The molecule has 0 aliphatic rings. The molecular formula is C11H8Cl2S3. The van der Waals surface area contributed by atoms with E-state index in [4.69, 9.17) is 23.2 Å². The van der Waals surface area contributed by atoms with E-state index in [1.54, 1.807) is 21.6 Å². The highest BCUT2D eigenvalue weighted by Crippen LogP contribution is 2.43. The molecule has 0 N–H and O–H groups in total. The molecule has 0 spiro atoms. The van der Waals surface area contributed by atoms with E-state index in [2.05, 4.69) is 24.3 Å². The lowest BCUT2D eigenvalue weighted by Crippen LogP contribution is -1.75. The van der Waals surface area contributed by atoms with Crippen molar-refractivity contribution in [2.24, 2.45) is 0 Å². The van der Waals surface area contributed by atoms with Crippen LogP contribution >= 0.6 is 56.1 Å². The first-order valence-corrected chi connectivity index (χ1v) is 8.43. The average Bonchev–Trinajstić information content (AvgIpc) is 2.59. The molecule has 0 bridgehead atoms. The fourth-order valence-corrected chi connectivity index (χ4v) is 5.29. The van der Waals surface area contributed by atoms with Crippen LogP contribution in [-0.4, -0.2) is 0 Å². The highest BCUT2D eigenvalue weighted by Gasteiger charge is 2.06. The molecule has 2 aromatic rings. The summed E-state index contributed by atoms with van der Waals surface area (Å²) in [6.07, 6.45) is 0. The van der Waals surface area contributed by atoms with Crippen LogP contribution in [0, 0.1) is 0 Å². The van der Waals surface area contributed by atoms with Crippen molar-refractivity contribution in [2.45, 2.75) is 10.6 Å². The Bertz CT molecular complexity index is 454. The molecule has 0 radical (unpaired) electrons. The van der Waals surface area contributed by atoms with Crippen molar-refractivity contribution in [1.29, 1.82) is 0 Å². The van der Waals surface area contributed by atoms with Crippen molar-refractivity contribution in [3.63, 3.8) is 0 Å². The van der Waals surface area contributed by atoms with Crippen LogP contribution in [0.25, 0.3) is 0 Å². The van der Waals surface area contributed by atoms with Crippen LogP contribution in [0.5, 0.6) is 0 Å². The molecule has 16 heavy (non-hydrogen) atoms. The minimum Gasteiger partial charge on any atom is -0.110 e. The van der Waals surface area contributed by atoms with E-state index in [-0.39, 0.29) is 0 Å². The van der Waals surface area contributed by atoms with E-state index >= 15 is 0 Å². The largest absolute Gasteiger partial charge is 0.110 e. The SMILES string of the molecule is Clc1cc(SSCc2ccccc2)c(Cl)s1. The molecule has 1 heterocycles. The number of rotatable bonds is 4. The van der Waals surface area contributed by atoms with Gasteiger partial charge in [-0.05, 0) is 11.6 Å². The molecule has 1 aromatic carbocycles. The van der Waals surface area contributed by atoms with Crippen LogP contribution < -0.4 is 0 Å². The summed E-state index contributed by atoms with van der Waals surface area (Å²) in [4.78, 5) is 1.05. The van der Waals surface area contributed by atoms with E-state index in [9.17, 15) is 0 Å². The number of thiophene rings is 1. The van der Waals surface area contributed by atoms with Crippen molar-refractivity contribution in [3.05, 3.63) is 50.6 Å². The molecule has 0 aliphatic carbocycles. The van der Waals surface area contributed by atoms with Gasteiger partial charge in [0.05, 0.1) is 4.34 Å². The van der Waals surface area contributed by atoms with Gasteiger partial charge in [-0.1, -0.05) is 75.1 Å². The smallest absolute Gasteiger partial charge is 0.109 e. The first-order chi connectivity index (χ1) is 7.75. The van der Waals surface area contributed by atoms with E-state index in [1.165, 1.54) is 16.9 Å². The first kappa shape index (κ1) is 12.7. The molecular weight excluding hydrogens is 299 g/mol. The third kappa shape index (κ3) is 3.60. The summed E-state index contributed by atoms with van der Waals surface area (Å²) >= 11 is 13.3. The lowest BCUT2D eigenvalue weighted by atomic mass is 10.2. The molecule has 0 fully saturated rings. The summed E-state index contributed by atoms with van der Waals surface area (Å²) in [6.45, 7) is 0. The minimum atomic E-state index is 0.743. The zero-order valence-electron chi connectivity index (χ0n) is 8.15. The maximum atomic E-state index is 6.03. The van der Waals surface area contributed by atoms with Crippen molar-refractivity contribution in [2.75, 3.05) is 0 Å². The van der Waals surface area contributed by atoms with E-state index in [0.29, 0.717) is 0 Å². The minimum absolute atomic E-state index is 0.743. The van der Waals surface area contributed by atoms with Gasteiger partial charge in [-0.15, -0.1) is 11.3 Å². The standard InChI is InChI=1S/C11H8Cl2S3/c12-10-6-9(11(13)15-10)16-14-7-8-4-2-1-3-5-8/h1-6H,7H2. The summed E-state index contributed by atoms with van der Waals surface area (Å²) in [5.41, 5.74) is 1.32. The van der Waals surface area contributed by atoms with E-state index in [1.807, 2.05) is 12.1 Å². The van der Waals surface area contributed by atoms with Crippen molar-refractivity contribution in [1.82, 2.24) is 0 Å². The van der Waals surface area contributed by atoms with Crippen LogP contribution in [0.4, 0.5) is 0 Å². The van der Waals surface area contributed by atoms with Gasteiger partial charge in [0.15, 0.2) is 0 Å². The molecule has 5 heteroatoms. The van der Waals surface area contributed by atoms with Crippen molar-refractivity contribution in [3.8, 4) is 0 Å². The lowest BCUT2D eigenvalue weighted by molar-refractivity contribution is 1.43. The van der Waals surface area contributed by atoms with Crippen LogP contribution in [0.3, 0.4) is 0 Å². The number of benzene rings is 1. The van der Waals surface area contributed by atoms with Crippen LogP contribution in [0.2, 0.25) is 8.67 Å². The predicted molar refractivity (Wildman–Crippen MR) is 77.9 cm³/mol. The molecule has 0 saturated heterocycles. The Labute approximate surface area is 117 Å². The van der Waals surface area contributed by atoms with Crippen molar-refractivity contribution < 1.29 is 0 Å². The second kappa shape index (κ2) is 6.22. The third-order valence-corrected chi connectivity index (χ3v) is 5.89. The first-order valence-electron chi connectivity index (χ1n) is 4.54. The van der Waals surface area contributed by atoms with Gasteiger partial charge in [0.2, 0.25) is 0 Å². The van der Waals surface area contributed by atoms with Gasteiger partial charge in [0.25, 0.3) is 0 Å². The monoisotopic (exact) mass is 306 g/mol.